The molecule has 1 fully saturated rings. The number of amides is 1. The summed E-state index contributed by atoms with van der Waals surface area (Å²) in [7, 11) is 0. The summed E-state index contributed by atoms with van der Waals surface area (Å²) >= 11 is 0. The van der Waals surface area contributed by atoms with E-state index >= 15 is 0 Å². The normalized spacial score (nSPS) is 19.7. The first-order chi connectivity index (χ1) is 9.81. The average Bonchev–Trinajstić information content (AvgIpc) is 2.93. The minimum absolute atomic E-state index is 0. The molecule has 0 spiro atoms. The lowest BCUT2D eigenvalue weighted by Crippen LogP contribution is -2.41. The SMILES string of the molecule is Cl.O=C(CC1CNCCO1)NCc1ccc2c(c1)OCO2. The van der Waals surface area contributed by atoms with Crippen LogP contribution in [0.5, 0.6) is 11.5 Å². The van der Waals surface area contributed by atoms with Crippen LogP contribution >= 0.6 is 12.4 Å². The number of hydrogen-bond donors (Lipinski definition) is 2. The van der Waals surface area contributed by atoms with Crippen molar-refractivity contribution in [1.82, 2.24) is 10.6 Å². The number of fused-ring (bicyclic) bond motifs is 1. The summed E-state index contributed by atoms with van der Waals surface area (Å²) in [6.45, 7) is 3.00. The van der Waals surface area contributed by atoms with E-state index in [0.29, 0.717) is 19.6 Å². The van der Waals surface area contributed by atoms with Crippen molar-refractivity contribution >= 4 is 18.3 Å². The van der Waals surface area contributed by atoms with Crippen LogP contribution < -0.4 is 20.1 Å². The number of halogens is 1. The lowest BCUT2D eigenvalue weighted by atomic mass is 10.2. The largest absolute Gasteiger partial charge is 0.454 e. The number of hydrogen-bond acceptors (Lipinski definition) is 5. The highest BCUT2D eigenvalue weighted by atomic mass is 35.5. The molecule has 0 aromatic heterocycles. The van der Waals surface area contributed by atoms with Gasteiger partial charge in [0.1, 0.15) is 0 Å². The molecule has 7 heteroatoms. The zero-order valence-electron chi connectivity index (χ0n) is 11.6. The van der Waals surface area contributed by atoms with E-state index in [4.69, 9.17) is 14.2 Å². The van der Waals surface area contributed by atoms with E-state index in [2.05, 4.69) is 10.6 Å². The zero-order chi connectivity index (χ0) is 13.8. The molecule has 2 aliphatic rings. The van der Waals surface area contributed by atoms with Crippen LogP contribution in [0.1, 0.15) is 12.0 Å². The van der Waals surface area contributed by atoms with Gasteiger partial charge in [0, 0.05) is 19.6 Å². The van der Waals surface area contributed by atoms with Crippen molar-refractivity contribution in [1.29, 1.82) is 0 Å². The van der Waals surface area contributed by atoms with Crippen LogP contribution in [0.3, 0.4) is 0 Å². The van der Waals surface area contributed by atoms with Gasteiger partial charge in [0.15, 0.2) is 11.5 Å². The van der Waals surface area contributed by atoms with Gasteiger partial charge in [-0.25, -0.2) is 0 Å². The van der Waals surface area contributed by atoms with Crippen molar-refractivity contribution < 1.29 is 19.0 Å². The molecule has 2 N–H and O–H groups in total. The van der Waals surface area contributed by atoms with Gasteiger partial charge in [0.2, 0.25) is 12.7 Å². The first-order valence-electron chi connectivity index (χ1n) is 6.79. The van der Waals surface area contributed by atoms with Crippen LogP contribution in [0.4, 0.5) is 0 Å². The van der Waals surface area contributed by atoms with Crippen LogP contribution in [0.2, 0.25) is 0 Å². The van der Waals surface area contributed by atoms with Gasteiger partial charge in [0.25, 0.3) is 0 Å². The number of benzene rings is 1. The highest BCUT2D eigenvalue weighted by molar-refractivity contribution is 5.85. The van der Waals surface area contributed by atoms with E-state index in [1.807, 2.05) is 18.2 Å². The Balaban J connectivity index is 0.00000161. The van der Waals surface area contributed by atoms with E-state index in [0.717, 1.165) is 30.2 Å². The third-order valence-electron chi connectivity index (χ3n) is 3.34. The highest BCUT2D eigenvalue weighted by Gasteiger charge is 2.17. The van der Waals surface area contributed by atoms with Gasteiger partial charge in [-0.15, -0.1) is 12.4 Å². The van der Waals surface area contributed by atoms with E-state index in [1.165, 1.54) is 0 Å². The summed E-state index contributed by atoms with van der Waals surface area (Å²) in [5, 5.41) is 6.10. The van der Waals surface area contributed by atoms with Crippen molar-refractivity contribution in [2.45, 2.75) is 19.1 Å². The first-order valence-corrected chi connectivity index (χ1v) is 6.79. The van der Waals surface area contributed by atoms with Gasteiger partial charge in [-0.1, -0.05) is 6.07 Å². The number of rotatable bonds is 4. The Morgan fingerprint density at radius 1 is 1.33 bits per heavy atom. The second-order valence-corrected chi connectivity index (χ2v) is 4.87. The molecule has 1 amide bonds. The Morgan fingerprint density at radius 2 is 2.19 bits per heavy atom. The van der Waals surface area contributed by atoms with Gasteiger partial charge < -0.3 is 24.8 Å². The van der Waals surface area contributed by atoms with E-state index in [9.17, 15) is 4.79 Å². The fraction of sp³-hybridized carbons (Fsp3) is 0.500. The predicted octanol–water partition coefficient (Wildman–Crippen LogP) is 0.832. The van der Waals surface area contributed by atoms with E-state index in [1.54, 1.807) is 0 Å². The van der Waals surface area contributed by atoms with Crippen LogP contribution in [0.15, 0.2) is 18.2 Å². The van der Waals surface area contributed by atoms with Crippen LogP contribution in [-0.2, 0) is 16.1 Å². The first kappa shape index (κ1) is 15.9. The molecule has 1 saturated heterocycles. The average molecular weight is 315 g/mol. The lowest BCUT2D eigenvalue weighted by molar-refractivity contribution is -0.124. The molecule has 1 atom stereocenters. The topological polar surface area (TPSA) is 68.8 Å². The third kappa shape index (κ3) is 4.23. The molecule has 1 unspecified atom stereocenters. The second-order valence-electron chi connectivity index (χ2n) is 4.87. The molecule has 21 heavy (non-hydrogen) atoms. The maximum atomic E-state index is 11.8. The summed E-state index contributed by atoms with van der Waals surface area (Å²) in [6, 6.07) is 5.67. The molecule has 6 nitrogen and oxygen atoms in total. The molecule has 0 saturated carbocycles. The predicted molar refractivity (Wildman–Crippen MR) is 78.9 cm³/mol. The van der Waals surface area contributed by atoms with E-state index < -0.39 is 0 Å². The monoisotopic (exact) mass is 314 g/mol. The third-order valence-corrected chi connectivity index (χ3v) is 3.34. The van der Waals surface area contributed by atoms with Crippen LogP contribution in [0.25, 0.3) is 0 Å². The maximum Gasteiger partial charge on any atom is 0.231 e. The number of ether oxygens (including phenoxy) is 3. The van der Waals surface area contributed by atoms with Crippen molar-refractivity contribution in [3.63, 3.8) is 0 Å². The Bertz CT molecular complexity index is 492. The number of morpholine rings is 1. The quantitative estimate of drug-likeness (QED) is 0.861. The minimum Gasteiger partial charge on any atom is -0.454 e. The smallest absolute Gasteiger partial charge is 0.231 e. The fourth-order valence-electron chi connectivity index (χ4n) is 2.28. The molecular formula is C14H19ClN2O4. The molecule has 1 aromatic carbocycles. The molecule has 0 aliphatic carbocycles. The Labute approximate surface area is 129 Å². The van der Waals surface area contributed by atoms with E-state index in [-0.39, 0.29) is 31.2 Å². The summed E-state index contributed by atoms with van der Waals surface area (Å²) in [6.07, 6.45) is 0.359. The Kier molecular flexibility index (Phi) is 5.67. The second kappa shape index (κ2) is 7.49. The summed E-state index contributed by atoms with van der Waals surface area (Å²) < 4.78 is 16.1. The van der Waals surface area contributed by atoms with Crippen molar-refractivity contribution in [2.75, 3.05) is 26.5 Å². The maximum absolute atomic E-state index is 11.8. The van der Waals surface area contributed by atoms with Crippen LogP contribution in [0, 0.1) is 0 Å². The molecule has 2 aliphatic heterocycles. The molecule has 0 bridgehead atoms. The number of nitrogens with one attached hydrogen (secondary N) is 2. The molecule has 3 rings (SSSR count). The molecular weight excluding hydrogens is 296 g/mol. The number of carbonyl (C=O) groups excluding carboxylic acids is 1. The van der Waals surface area contributed by atoms with Gasteiger partial charge in [-0.3, -0.25) is 4.79 Å². The summed E-state index contributed by atoms with van der Waals surface area (Å²) in [5.74, 6) is 1.48. The molecule has 2 heterocycles. The molecule has 116 valence electrons. The number of carbonyl (C=O) groups is 1. The fourth-order valence-corrected chi connectivity index (χ4v) is 2.28. The zero-order valence-corrected chi connectivity index (χ0v) is 12.4. The highest BCUT2D eigenvalue weighted by Crippen LogP contribution is 2.32. The van der Waals surface area contributed by atoms with Crippen molar-refractivity contribution in [3.05, 3.63) is 23.8 Å². The van der Waals surface area contributed by atoms with Gasteiger partial charge in [-0.05, 0) is 17.7 Å². The Morgan fingerprint density at radius 3 is 3.00 bits per heavy atom. The lowest BCUT2D eigenvalue weighted by Gasteiger charge is -2.23. The van der Waals surface area contributed by atoms with Crippen molar-refractivity contribution in [3.8, 4) is 11.5 Å². The summed E-state index contributed by atoms with van der Waals surface area (Å²) in [5.41, 5.74) is 0.991. The summed E-state index contributed by atoms with van der Waals surface area (Å²) in [4.78, 5) is 11.8. The van der Waals surface area contributed by atoms with Gasteiger partial charge in [-0.2, -0.15) is 0 Å². The standard InChI is InChI=1S/C14H18N2O4.ClH/c17-14(6-11-8-15-3-4-18-11)16-7-10-1-2-12-13(5-10)20-9-19-12;/h1-2,5,11,15H,3-4,6-9H2,(H,16,17);1H. The van der Waals surface area contributed by atoms with Gasteiger partial charge in [0.05, 0.1) is 19.1 Å². The van der Waals surface area contributed by atoms with Crippen LogP contribution in [-0.4, -0.2) is 38.5 Å². The Hall–Kier alpha value is -1.50. The molecule has 0 radical (unpaired) electrons. The molecule has 1 aromatic rings. The minimum atomic E-state index is -0.0273. The van der Waals surface area contributed by atoms with Crippen molar-refractivity contribution in [2.24, 2.45) is 0 Å². The van der Waals surface area contributed by atoms with Gasteiger partial charge >= 0.3 is 0 Å².